The van der Waals surface area contributed by atoms with E-state index in [1.807, 2.05) is 0 Å². The molecule has 0 aliphatic carbocycles. The fourth-order valence-electron chi connectivity index (χ4n) is 1.46. The Hall–Kier alpha value is -1.40. The zero-order valence-electron chi connectivity index (χ0n) is 9.30. The molecule has 0 aromatic carbocycles. The summed E-state index contributed by atoms with van der Waals surface area (Å²) in [7, 11) is 0. The van der Waals surface area contributed by atoms with Crippen LogP contribution in [0.5, 0.6) is 0 Å². The molecule has 3 nitrogen and oxygen atoms in total. The first-order valence-electron chi connectivity index (χ1n) is 4.80. The molecule has 0 fully saturated rings. The van der Waals surface area contributed by atoms with Crippen LogP contribution < -0.4 is 5.10 Å². The first kappa shape index (κ1) is 16.7. The Labute approximate surface area is 122 Å². The van der Waals surface area contributed by atoms with E-state index in [1.54, 1.807) is 0 Å². The Morgan fingerprint density at radius 1 is 0.950 bits per heavy atom. The Kier molecular flexibility index (Phi) is 4.61. The van der Waals surface area contributed by atoms with Crippen LogP contribution in [0.4, 0.5) is 26.3 Å². The van der Waals surface area contributed by atoms with E-state index >= 15 is 0 Å². The first-order valence-corrected chi connectivity index (χ1v) is 4.80. The van der Waals surface area contributed by atoms with Crippen molar-refractivity contribution in [3.05, 3.63) is 35.7 Å². The third kappa shape index (κ3) is 3.19. The largest absolute Gasteiger partial charge is 0.573 e. The predicted molar refractivity (Wildman–Crippen MR) is 50.8 cm³/mol. The SMILES string of the molecule is FC(F)(F)c1n[n-]c(-c2ccccn2)c1C(F)(F)F.[Re]. The van der Waals surface area contributed by atoms with Gasteiger partial charge in [0.05, 0.1) is 5.56 Å². The molecule has 2 heterocycles. The van der Waals surface area contributed by atoms with E-state index in [1.165, 1.54) is 12.1 Å². The third-order valence-electron chi connectivity index (χ3n) is 2.18. The fraction of sp³-hybridized carbons (Fsp3) is 0.200. The summed E-state index contributed by atoms with van der Waals surface area (Å²) in [4.78, 5) is 3.55. The summed E-state index contributed by atoms with van der Waals surface area (Å²) in [6, 6.07) is 3.88. The molecule has 0 bridgehead atoms. The van der Waals surface area contributed by atoms with Gasteiger partial charge in [0.2, 0.25) is 0 Å². The summed E-state index contributed by atoms with van der Waals surface area (Å²) in [6.07, 6.45) is -9.30. The molecule has 0 amide bonds. The Bertz CT molecular complexity index is 575. The van der Waals surface area contributed by atoms with Crippen LogP contribution >= 0.6 is 0 Å². The molecule has 2 rings (SSSR count). The molecule has 0 aliphatic heterocycles. The minimum absolute atomic E-state index is 0. The van der Waals surface area contributed by atoms with E-state index in [4.69, 9.17) is 0 Å². The minimum Gasteiger partial charge on any atom is -0.573 e. The Morgan fingerprint density at radius 2 is 1.60 bits per heavy atom. The van der Waals surface area contributed by atoms with Gasteiger partial charge in [-0.25, -0.2) is 0 Å². The molecule has 2 aromatic heterocycles. The van der Waals surface area contributed by atoms with Crippen LogP contribution in [0.2, 0.25) is 0 Å². The maximum atomic E-state index is 12.8. The molecule has 1 radical (unpaired) electrons. The molecular formula is C10H4F6N3Re-. The molecule has 2 aromatic rings. The number of hydrogen-bond donors (Lipinski definition) is 0. The van der Waals surface area contributed by atoms with Crippen LogP contribution in [0.15, 0.2) is 24.4 Å². The molecule has 20 heavy (non-hydrogen) atoms. The molecule has 0 spiro atoms. The maximum absolute atomic E-state index is 12.8. The third-order valence-corrected chi connectivity index (χ3v) is 2.18. The molecule has 0 aliphatic rings. The van der Waals surface area contributed by atoms with E-state index in [-0.39, 0.29) is 26.1 Å². The number of aromatic nitrogens is 3. The van der Waals surface area contributed by atoms with Gasteiger partial charge in [0.25, 0.3) is 0 Å². The average molecular weight is 466 g/mol. The van der Waals surface area contributed by atoms with E-state index in [9.17, 15) is 26.3 Å². The van der Waals surface area contributed by atoms with Gasteiger partial charge in [0.15, 0.2) is 0 Å². The molecule has 0 unspecified atom stereocenters. The minimum atomic E-state index is -5.23. The van der Waals surface area contributed by atoms with Crippen molar-refractivity contribution >= 4 is 0 Å². The van der Waals surface area contributed by atoms with Gasteiger partial charge in [-0.15, -0.1) is 0 Å². The van der Waals surface area contributed by atoms with Gasteiger partial charge in [-0.3, -0.25) is 4.98 Å². The molecule has 10 heteroatoms. The average Bonchev–Trinajstić information content (AvgIpc) is 2.74. The van der Waals surface area contributed by atoms with Gasteiger partial charge in [0.1, 0.15) is 5.69 Å². The molecule has 0 saturated carbocycles. The number of alkyl halides is 6. The molecular weight excluding hydrogens is 462 g/mol. The van der Waals surface area contributed by atoms with Gasteiger partial charge < -0.3 is 10.2 Å². The summed E-state index contributed by atoms with van der Waals surface area (Å²) in [5, 5.41) is 5.56. The van der Waals surface area contributed by atoms with Crippen LogP contribution in [0.25, 0.3) is 11.4 Å². The van der Waals surface area contributed by atoms with Crippen LogP contribution in [0.1, 0.15) is 11.3 Å². The van der Waals surface area contributed by atoms with E-state index in [2.05, 4.69) is 15.2 Å². The second kappa shape index (κ2) is 5.54. The number of hydrogen-bond acceptors (Lipinski definition) is 2. The number of nitrogens with zero attached hydrogens (tertiary/aromatic N) is 3. The smallest absolute Gasteiger partial charge is 0.432 e. The van der Waals surface area contributed by atoms with Gasteiger partial charge in [-0.1, -0.05) is 11.8 Å². The summed E-state index contributed by atoms with van der Waals surface area (Å²) < 4.78 is 75.7. The monoisotopic (exact) mass is 467 g/mol. The number of pyridine rings is 1. The zero-order valence-corrected chi connectivity index (χ0v) is 12.0. The fourth-order valence-corrected chi connectivity index (χ4v) is 1.46. The first-order chi connectivity index (χ1) is 8.71. The summed E-state index contributed by atoms with van der Waals surface area (Å²) >= 11 is 0. The van der Waals surface area contributed by atoms with Crippen LogP contribution in [-0.4, -0.2) is 10.1 Å². The van der Waals surface area contributed by atoms with Crippen molar-refractivity contribution in [2.75, 3.05) is 0 Å². The van der Waals surface area contributed by atoms with Crippen molar-refractivity contribution < 1.29 is 46.8 Å². The molecule has 0 saturated heterocycles. The molecule has 109 valence electrons. The van der Waals surface area contributed by atoms with Gasteiger partial charge in [-0.05, 0) is 12.1 Å². The van der Waals surface area contributed by atoms with Crippen molar-refractivity contribution in [3.63, 3.8) is 0 Å². The topological polar surface area (TPSA) is 39.9 Å². The standard InChI is InChI=1S/C10H4F6N3.Re/c11-9(12,13)6-7(5-3-1-2-4-17-5)18-19-8(6)10(14,15)16;/h1-4H;/q-1;. The number of halogens is 6. The second-order valence-electron chi connectivity index (χ2n) is 3.48. The van der Waals surface area contributed by atoms with E-state index < -0.39 is 29.3 Å². The Morgan fingerprint density at radius 3 is 2.05 bits per heavy atom. The predicted octanol–water partition coefficient (Wildman–Crippen LogP) is 3.14. The summed E-state index contributed by atoms with van der Waals surface area (Å²) in [5.41, 5.74) is -5.22. The van der Waals surface area contributed by atoms with Crippen molar-refractivity contribution in [2.24, 2.45) is 0 Å². The quantitative estimate of drug-likeness (QED) is 0.607. The van der Waals surface area contributed by atoms with Crippen molar-refractivity contribution in [1.82, 2.24) is 15.2 Å². The Balaban J connectivity index is 0.00000200. The van der Waals surface area contributed by atoms with Crippen molar-refractivity contribution in [2.45, 2.75) is 12.4 Å². The van der Waals surface area contributed by atoms with Crippen LogP contribution in [-0.2, 0) is 32.8 Å². The van der Waals surface area contributed by atoms with E-state index in [0.29, 0.717) is 0 Å². The zero-order chi connectivity index (χ0) is 14.3. The molecule has 0 N–H and O–H groups in total. The summed E-state index contributed by atoms with van der Waals surface area (Å²) in [5.74, 6) is 0. The normalized spacial score (nSPS) is 12.1. The van der Waals surface area contributed by atoms with Gasteiger partial charge >= 0.3 is 12.4 Å². The van der Waals surface area contributed by atoms with Crippen molar-refractivity contribution in [3.8, 4) is 11.4 Å². The summed E-state index contributed by atoms with van der Waals surface area (Å²) in [6.45, 7) is 0. The van der Waals surface area contributed by atoms with Gasteiger partial charge in [-0.2, -0.15) is 26.3 Å². The van der Waals surface area contributed by atoms with E-state index in [0.717, 1.165) is 12.3 Å². The van der Waals surface area contributed by atoms with Crippen LogP contribution in [0, 0.1) is 0 Å². The van der Waals surface area contributed by atoms with Crippen LogP contribution in [0.3, 0.4) is 0 Å². The van der Waals surface area contributed by atoms with Crippen molar-refractivity contribution in [1.29, 1.82) is 0 Å². The second-order valence-corrected chi connectivity index (χ2v) is 3.48. The molecule has 0 atom stereocenters. The van der Waals surface area contributed by atoms with Gasteiger partial charge in [0, 0.05) is 32.3 Å². The maximum Gasteiger partial charge on any atom is 0.432 e. The number of rotatable bonds is 1.